The van der Waals surface area contributed by atoms with E-state index in [1.165, 1.54) is 5.56 Å². The second kappa shape index (κ2) is 8.18. The van der Waals surface area contributed by atoms with Crippen LogP contribution in [0.5, 0.6) is 0 Å². The van der Waals surface area contributed by atoms with Crippen molar-refractivity contribution in [3.8, 4) is 0 Å². The Bertz CT molecular complexity index is 510. The molecule has 23 heavy (non-hydrogen) atoms. The van der Waals surface area contributed by atoms with Crippen LogP contribution < -0.4 is 0 Å². The number of benzene rings is 1. The number of nitrogens with zero attached hydrogens (tertiary/aromatic N) is 2. The van der Waals surface area contributed by atoms with Crippen molar-refractivity contribution in [3.05, 3.63) is 35.4 Å². The molecule has 2 rings (SSSR count). The zero-order chi connectivity index (χ0) is 16.9. The van der Waals surface area contributed by atoms with Gasteiger partial charge in [-0.15, -0.1) is 0 Å². The summed E-state index contributed by atoms with van der Waals surface area (Å²) in [5.74, 6) is 1.61. The number of rotatable bonds is 6. The van der Waals surface area contributed by atoms with Gasteiger partial charge in [-0.3, -0.25) is 4.79 Å². The fourth-order valence-corrected chi connectivity index (χ4v) is 4.05. The molecule has 1 heterocycles. The van der Waals surface area contributed by atoms with Crippen LogP contribution in [-0.4, -0.2) is 58.6 Å². The predicted molar refractivity (Wildman–Crippen MR) is 96.4 cm³/mol. The van der Waals surface area contributed by atoms with Gasteiger partial charge in [0.1, 0.15) is 5.60 Å². The zero-order valence-corrected chi connectivity index (χ0v) is 15.2. The summed E-state index contributed by atoms with van der Waals surface area (Å²) < 4.78 is 0. The summed E-state index contributed by atoms with van der Waals surface area (Å²) in [7, 11) is 4.10. The van der Waals surface area contributed by atoms with Crippen LogP contribution in [0.3, 0.4) is 0 Å². The van der Waals surface area contributed by atoms with Gasteiger partial charge in [0.25, 0.3) is 5.91 Å². The molecule has 0 spiro atoms. The van der Waals surface area contributed by atoms with E-state index in [9.17, 15) is 9.90 Å². The lowest BCUT2D eigenvalue weighted by Crippen LogP contribution is -2.50. The summed E-state index contributed by atoms with van der Waals surface area (Å²) in [6.07, 6.45) is 1.13. The predicted octanol–water partition coefficient (Wildman–Crippen LogP) is 2.35. The Morgan fingerprint density at radius 1 is 1.13 bits per heavy atom. The summed E-state index contributed by atoms with van der Waals surface area (Å²) in [6, 6.07) is 8.38. The van der Waals surface area contributed by atoms with Gasteiger partial charge in [-0.1, -0.05) is 24.3 Å². The Balaban J connectivity index is 2.02. The summed E-state index contributed by atoms with van der Waals surface area (Å²) in [5, 5.41) is 10.7. The molecule has 5 heteroatoms. The first-order valence-corrected chi connectivity index (χ1v) is 9.42. The quantitative estimate of drug-likeness (QED) is 0.866. The molecular formula is C18H28N2O2S. The van der Waals surface area contributed by atoms with E-state index in [1.54, 1.807) is 4.90 Å². The monoisotopic (exact) mass is 336 g/mol. The van der Waals surface area contributed by atoms with Crippen molar-refractivity contribution < 1.29 is 9.90 Å². The van der Waals surface area contributed by atoms with Gasteiger partial charge >= 0.3 is 0 Å². The second-order valence-corrected chi connectivity index (χ2v) is 7.74. The van der Waals surface area contributed by atoms with Gasteiger partial charge in [0.05, 0.1) is 0 Å². The van der Waals surface area contributed by atoms with E-state index < -0.39 is 5.60 Å². The van der Waals surface area contributed by atoms with E-state index in [2.05, 4.69) is 43.3 Å². The average molecular weight is 337 g/mol. The summed E-state index contributed by atoms with van der Waals surface area (Å²) in [4.78, 5) is 16.6. The SMILES string of the molecule is CCN(Cc1ccc(CN(C)C)cc1)C(=O)C1(O)CCSCC1. The standard InChI is InChI=1S/C18H28N2O2S/c1-4-20(17(21)18(22)9-11-23-12-10-18)14-16-7-5-15(6-8-16)13-19(2)3/h5-8,22H,4,9-14H2,1-3H3. The van der Waals surface area contributed by atoms with Crippen LogP contribution in [0.15, 0.2) is 24.3 Å². The lowest BCUT2D eigenvalue weighted by Gasteiger charge is -2.35. The molecule has 0 unspecified atom stereocenters. The molecule has 0 bridgehead atoms. The Morgan fingerprint density at radius 2 is 1.65 bits per heavy atom. The first kappa shape index (κ1) is 18.3. The molecule has 0 atom stereocenters. The lowest BCUT2D eigenvalue weighted by atomic mass is 9.94. The number of amides is 1. The van der Waals surface area contributed by atoms with Crippen molar-refractivity contribution in [2.75, 3.05) is 32.1 Å². The van der Waals surface area contributed by atoms with E-state index in [-0.39, 0.29) is 5.91 Å². The first-order chi connectivity index (χ1) is 10.9. The minimum atomic E-state index is -1.16. The van der Waals surface area contributed by atoms with Crippen LogP contribution in [0.4, 0.5) is 0 Å². The van der Waals surface area contributed by atoms with Gasteiger partial charge < -0.3 is 14.9 Å². The molecule has 1 aromatic carbocycles. The van der Waals surface area contributed by atoms with E-state index in [4.69, 9.17) is 0 Å². The highest BCUT2D eigenvalue weighted by Crippen LogP contribution is 2.29. The van der Waals surface area contributed by atoms with Gasteiger partial charge in [0, 0.05) is 19.6 Å². The Hall–Kier alpha value is -1.04. The van der Waals surface area contributed by atoms with Crippen molar-refractivity contribution in [2.24, 2.45) is 0 Å². The average Bonchev–Trinajstić information content (AvgIpc) is 2.53. The highest BCUT2D eigenvalue weighted by molar-refractivity contribution is 7.99. The maximum atomic E-state index is 12.7. The van der Waals surface area contributed by atoms with Gasteiger partial charge in [-0.05, 0) is 56.5 Å². The molecular weight excluding hydrogens is 308 g/mol. The van der Waals surface area contributed by atoms with Crippen LogP contribution in [0.2, 0.25) is 0 Å². The second-order valence-electron chi connectivity index (χ2n) is 6.52. The van der Waals surface area contributed by atoms with E-state index in [1.807, 2.05) is 18.7 Å². The highest BCUT2D eigenvalue weighted by atomic mass is 32.2. The number of aliphatic hydroxyl groups is 1. The largest absolute Gasteiger partial charge is 0.380 e. The number of likely N-dealkylation sites (N-methyl/N-ethyl adjacent to an activating group) is 1. The smallest absolute Gasteiger partial charge is 0.254 e. The first-order valence-electron chi connectivity index (χ1n) is 8.26. The van der Waals surface area contributed by atoms with Crippen LogP contribution >= 0.6 is 11.8 Å². The molecule has 0 radical (unpaired) electrons. The molecule has 0 saturated carbocycles. The third-order valence-corrected chi connectivity index (χ3v) is 5.27. The molecule has 1 aromatic rings. The molecule has 4 nitrogen and oxygen atoms in total. The molecule has 1 fully saturated rings. The van der Waals surface area contributed by atoms with Crippen molar-refractivity contribution in [1.29, 1.82) is 0 Å². The topological polar surface area (TPSA) is 43.8 Å². The van der Waals surface area contributed by atoms with Crippen LogP contribution in [-0.2, 0) is 17.9 Å². The minimum Gasteiger partial charge on any atom is -0.380 e. The van der Waals surface area contributed by atoms with Gasteiger partial charge in [-0.2, -0.15) is 11.8 Å². The van der Waals surface area contributed by atoms with Gasteiger partial charge in [-0.25, -0.2) is 0 Å². The maximum Gasteiger partial charge on any atom is 0.254 e. The third kappa shape index (κ3) is 4.96. The Morgan fingerprint density at radius 3 is 2.13 bits per heavy atom. The van der Waals surface area contributed by atoms with E-state index >= 15 is 0 Å². The van der Waals surface area contributed by atoms with Gasteiger partial charge in [0.15, 0.2) is 0 Å². The number of thioether (sulfide) groups is 1. The third-order valence-electron chi connectivity index (χ3n) is 4.28. The molecule has 0 aliphatic carbocycles. The maximum absolute atomic E-state index is 12.7. The van der Waals surface area contributed by atoms with Crippen LogP contribution in [0.1, 0.15) is 30.9 Å². The number of carbonyl (C=O) groups excluding carboxylic acids is 1. The molecule has 0 aromatic heterocycles. The van der Waals surface area contributed by atoms with Crippen LogP contribution in [0.25, 0.3) is 0 Å². The molecule has 128 valence electrons. The van der Waals surface area contributed by atoms with Crippen molar-refractivity contribution >= 4 is 17.7 Å². The fraction of sp³-hybridized carbons (Fsp3) is 0.611. The van der Waals surface area contributed by atoms with Crippen molar-refractivity contribution in [3.63, 3.8) is 0 Å². The van der Waals surface area contributed by atoms with E-state index in [0.717, 1.165) is 23.6 Å². The van der Waals surface area contributed by atoms with Gasteiger partial charge in [0.2, 0.25) is 0 Å². The Labute approximate surface area is 143 Å². The number of carbonyl (C=O) groups is 1. The van der Waals surface area contributed by atoms with Crippen LogP contribution in [0, 0.1) is 0 Å². The molecule has 1 N–H and O–H groups in total. The molecule has 1 saturated heterocycles. The summed E-state index contributed by atoms with van der Waals surface area (Å²) in [5.41, 5.74) is 1.21. The number of hydrogen-bond acceptors (Lipinski definition) is 4. The fourth-order valence-electron chi connectivity index (χ4n) is 2.88. The Kier molecular flexibility index (Phi) is 6.50. The zero-order valence-electron chi connectivity index (χ0n) is 14.4. The minimum absolute atomic E-state index is 0.113. The number of hydrogen-bond donors (Lipinski definition) is 1. The molecule has 1 aliphatic heterocycles. The molecule has 1 amide bonds. The summed E-state index contributed by atoms with van der Waals surface area (Å²) >= 11 is 1.81. The van der Waals surface area contributed by atoms with E-state index in [0.29, 0.717) is 25.9 Å². The lowest BCUT2D eigenvalue weighted by molar-refractivity contribution is -0.152. The normalized spacial score (nSPS) is 17.3. The van der Waals surface area contributed by atoms with Crippen molar-refractivity contribution in [2.45, 2.75) is 38.5 Å². The van der Waals surface area contributed by atoms with Crippen molar-refractivity contribution in [1.82, 2.24) is 9.80 Å². The highest BCUT2D eigenvalue weighted by Gasteiger charge is 2.39. The summed E-state index contributed by atoms with van der Waals surface area (Å²) in [6.45, 7) is 4.06. The molecule has 1 aliphatic rings.